The molecule has 0 unspecified atom stereocenters. The zero-order valence-electron chi connectivity index (χ0n) is 11.9. The van der Waals surface area contributed by atoms with Crippen molar-refractivity contribution in [3.05, 3.63) is 89.5 Å². The highest BCUT2D eigenvalue weighted by atomic mass is 16.3. The summed E-state index contributed by atoms with van der Waals surface area (Å²) in [6.45, 7) is 0. The molecule has 3 nitrogen and oxygen atoms in total. The first kappa shape index (κ1) is 13.9. The van der Waals surface area contributed by atoms with Crippen molar-refractivity contribution in [2.75, 3.05) is 5.73 Å². The SMILES string of the molecule is Nc1ccc(C(=C2C=CC(=O)C=C2)c2ccc(O)cc2)cc1. The number of allylic oxidation sites excluding steroid dienone is 5. The molecule has 3 rings (SSSR count). The number of anilines is 1. The van der Waals surface area contributed by atoms with Gasteiger partial charge in [0.15, 0.2) is 5.78 Å². The van der Waals surface area contributed by atoms with Gasteiger partial charge in [-0.15, -0.1) is 0 Å². The molecule has 3 N–H and O–H groups in total. The van der Waals surface area contributed by atoms with Gasteiger partial charge in [-0.1, -0.05) is 36.4 Å². The molecular weight excluding hydrogens is 274 g/mol. The van der Waals surface area contributed by atoms with Crippen molar-refractivity contribution in [3.63, 3.8) is 0 Å². The van der Waals surface area contributed by atoms with E-state index >= 15 is 0 Å². The third kappa shape index (κ3) is 2.83. The predicted molar refractivity (Wildman–Crippen MR) is 88.3 cm³/mol. The van der Waals surface area contributed by atoms with Crippen molar-refractivity contribution >= 4 is 17.0 Å². The number of carbonyl (C=O) groups excluding carboxylic acids is 1. The van der Waals surface area contributed by atoms with Gasteiger partial charge in [0.25, 0.3) is 0 Å². The van der Waals surface area contributed by atoms with Gasteiger partial charge in [-0.25, -0.2) is 0 Å². The minimum atomic E-state index is -0.0221. The molecule has 108 valence electrons. The molecular formula is C19H15NO2. The number of aromatic hydroxyl groups is 1. The van der Waals surface area contributed by atoms with Gasteiger partial charge >= 0.3 is 0 Å². The summed E-state index contributed by atoms with van der Waals surface area (Å²) in [5.41, 5.74) is 10.3. The number of hydrogen-bond acceptors (Lipinski definition) is 3. The van der Waals surface area contributed by atoms with Gasteiger partial charge < -0.3 is 10.8 Å². The van der Waals surface area contributed by atoms with E-state index in [1.807, 2.05) is 36.4 Å². The zero-order valence-corrected chi connectivity index (χ0v) is 11.9. The quantitative estimate of drug-likeness (QED) is 0.832. The Balaban J connectivity index is 2.18. The standard InChI is InChI=1S/C19H15NO2/c20-16-7-1-13(2-8-16)19(14-3-9-17(21)10-4-14)15-5-11-18(22)12-6-15/h1-12,21H,20H2. The highest BCUT2D eigenvalue weighted by Gasteiger charge is 2.11. The van der Waals surface area contributed by atoms with Crippen LogP contribution in [0.2, 0.25) is 0 Å². The summed E-state index contributed by atoms with van der Waals surface area (Å²) in [5, 5.41) is 9.49. The van der Waals surface area contributed by atoms with Crippen LogP contribution < -0.4 is 5.73 Å². The highest BCUT2D eigenvalue weighted by Crippen LogP contribution is 2.30. The molecule has 0 amide bonds. The first-order valence-electron chi connectivity index (χ1n) is 6.93. The van der Waals surface area contributed by atoms with Crippen molar-refractivity contribution in [3.8, 4) is 5.75 Å². The van der Waals surface area contributed by atoms with E-state index < -0.39 is 0 Å². The molecule has 2 aromatic rings. The normalized spacial score (nSPS) is 13.5. The van der Waals surface area contributed by atoms with Gasteiger partial charge in [0.05, 0.1) is 0 Å². The van der Waals surface area contributed by atoms with Crippen LogP contribution in [0, 0.1) is 0 Å². The average molecular weight is 289 g/mol. The van der Waals surface area contributed by atoms with Gasteiger partial charge in [0.2, 0.25) is 0 Å². The van der Waals surface area contributed by atoms with Gasteiger partial charge in [-0.05, 0) is 58.7 Å². The Morgan fingerprint density at radius 3 is 1.82 bits per heavy atom. The van der Waals surface area contributed by atoms with Crippen molar-refractivity contribution in [2.45, 2.75) is 0 Å². The minimum absolute atomic E-state index is 0.0221. The van der Waals surface area contributed by atoms with E-state index in [1.165, 1.54) is 0 Å². The predicted octanol–water partition coefficient (Wildman–Crippen LogP) is 3.47. The zero-order chi connectivity index (χ0) is 15.5. The molecule has 0 bridgehead atoms. The maximum Gasteiger partial charge on any atom is 0.178 e. The average Bonchev–Trinajstić information content (AvgIpc) is 2.53. The van der Waals surface area contributed by atoms with Crippen molar-refractivity contribution < 1.29 is 9.90 Å². The van der Waals surface area contributed by atoms with E-state index in [-0.39, 0.29) is 11.5 Å². The molecule has 0 spiro atoms. The third-order valence-electron chi connectivity index (χ3n) is 3.50. The van der Waals surface area contributed by atoms with Crippen molar-refractivity contribution in [1.82, 2.24) is 0 Å². The van der Waals surface area contributed by atoms with Crippen LogP contribution in [0.1, 0.15) is 11.1 Å². The fraction of sp³-hybridized carbons (Fsp3) is 0. The van der Waals surface area contributed by atoms with Crippen LogP contribution in [0.4, 0.5) is 5.69 Å². The van der Waals surface area contributed by atoms with Crippen molar-refractivity contribution in [1.29, 1.82) is 0 Å². The lowest BCUT2D eigenvalue weighted by Crippen LogP contribution is -1.97. The van der Waals surface area contributed by atoms with E-state index in [9.17, 15) is 9.90 Å². The second-order valence-corrected chi connectivity index (χ2v) is 5.07. The maximum absolute atomic E-state index is 11.3. The fourth-order valence-electron chi connectivity index (χ4n) is 2.40. The van der Waals surface area contributed by atoms with Crippen LogP contribution in [0.3, 0.4) is 0 Å². The first-order valence-corrected chi connectivity index (χ1v) is 6.93. The van der Waals surface area contributed by atoms with Gasteiger partial charge in [-0.2, -0.15) is 0 Å². The highest BCUT2D eigenvalue weighted by molar-refractivity contribution is 6.03. The molecule has 0 fully saturated rings. The molecule has 3 heteroatoms. The summed E-state index contributed by atoms with van der Waals surface area (Å²) >= 11 is 0. The van der Waals surface area contributed by atoms with Gasteiger partial charge in [0.1, 0.15) is 5.75 Å². The van der Waals surface area contributed by atoms with Crippen LogP contribution >= 0.6 is 0 Å². The Kier molecular flexibility index (Phi) is 3.62. The van der Waals surface area contributed by atoms with Gasteiger partial charge in [0, 0.05) is 5.69 Å². The van der Waals surface area contributed by atoms with Gasteiger partial charge in [-0.3, -0.25) is 4.79 Å². The number of rotatable bonds is 2. The molecule has 1 aliphatic carbocycles. The molecule has 0 atom stereocenters. The third-order valence-corrected chi connectivity index (χ3v) is 3.50. The fourth-order valence-corrected chi connectivity index (χ4v) is 2.40. The number of phenolic OH excluding ortho intramolecular Hbond substituents is 1. The molecule has 22 heavy (non-hydrogen) atoms. The second kappa shape index (κ2) is 5.74. The summed E-state index contributed by atoms with van der Waals surface area (Å²) in [4.78, 5) is 11.3. The molecule has 0 radical (unpaired) electrons. The van der Waals surface area contributed by atoms with Crippen LogP contribution in [0.15, 0.2) is 78.4 Å². The van der Waals surface area contributed by atoms with Crippen LogP contribution in [-0.4, -0.2) is 10.9 Å². The largest absolute Gasteiger partial charge is 0.508 e. The smallest absolute Gasteiger partial charge is 0.178 e. The summed E-state index contributed by atoms with van der Waals surface area (Å²) in [7, 11) is 0. The Hall–Kier alpha value is -3.07. The van der Waals surface area contributed by atoms with E-state index in [2.05, 4.69) is 0 Å². The number of carbonyl (C=O) groups is 1. The lowest BCUT2D eigenvalue weighted by Gasteiger charge is -2.13. The van der Waals surface area contributed by atoms with Crippen molar-refractivity contribution in [2.24, 2.45) is 0 Å². The molecule has 0 heterocycles. The van der Waals surface area contributed by atoms with E-state index in [4.69, 9.17) is 5.73 Å². The molecule has 0 aromatic heterocycles. The lowest BCUT2D eigenvalue weighted by molar-refractivity contribution is -0.110. The van der Waals surface area contributed by atoms with Crippen LogP contribution in [-0.2, 0) is 4.79 Å². The summed E-state index contributed by atoms with van der Waals surface area (Å²) in [6.07, 6.45) is 6.71. The number of nitrogen functional groups attached to an aromatic ring is 1. The maximum atomic E-state index is 11.3. The van der Waals surface area contributed by atoms with E-state index in [0.29, 0.717) is 5.69 Å². The molecule has 0 aliphatic heterocycles. The Morgan fingerprint density at radius 1 is 0.773 bits per heavy atom. The van der Waals surface area contributed by atoms with E-state index in [0.717, 1.165) is 22.3 Å². The number of nitrogens with two attached hydrogens (primary N) is 1. The monoisotopic (exact) mass is 289 g/mol. The molecule has 1 aliphatic rings. The molecule has 0 saturated carbocycles. The number of hydrogen-bond donors (Lipinski definition) is 2. The summed E-state index contributed by atoms with van der Waals surface area (Å²) in [5.74, 6) is 0.196. The lowest BCUT2D eigenvalue weighted by atomic mass is 9.91. The summed E-state index contributed by atoms with van der Waals surface area (Å²) < 4.78 is 0. The number of ketones is 1. The molecule has 2 aromatic carbocycles. The number of benzene rings is 2. The van der Waals surface area contributed by atoms with Crippen LogP contribution in [0.5, 0.6) is 5.75 Å². The Morgan fingerprint density at radius 2 is 1.27 bits per heavy atom. The minimum Gasteiger partial charge on any atom is -0.508 e. The van der Waals surface area contributed by atoms with E-state index in [1.54, 1.807) is 36.4 Å². The second-order valence-electron chi connectivity index (χ2n) is 5.07. The summed E-state index contributed by atoms with van der Waals surface area (Å²) in [6, 6.07) is 14.6. The van der Waals surface area contributed by atoms with Crippen LogP contribution in [0.25, 0.3) is 5.57 Å². The first-order chi connectivity index (χ1) is 10.6. The molecule has 0 saturated heterocycles. The topological polar surface area (TPSA) is 63.3 Å². The Labute approximate surface area is 128 Å². The number of phenols is 1. The Bertz CT molecular complexity index is 729.